The van der Waals surface area contributed by atoms with Crippen LogP contribution in [0.5, 0.6) is 0 Å². The molecule has 74 valence electrons. The molecular formula is C8H16N4S. The van der Waals surface area contributed by atoms with Gasteiger partial charge in [-0.1, -0.05) is 6.42 Å². The van der Waals surface area contributed by atoms with E-state index < -0.39 is 0 Å². The summed E-state index contributed by atoms with van der Waals surface area (Å²) in [5.74, 6) is 0. The highest BCUT2D eigenvalue weighted by Crippen LogP contribution is 2.12. The molecule has 1 aromatic heterocycles. The van der Waals surface area contributed by atoms with Gasteiger partial charge in [0.15, 0.2) is 0 Å². The van der Waals surface area contributed by atoms with Crippen LogP contribution in [-0.4, -0.2) is 29.5 Å². The van der Waals surface area contributed by atoms with Crippen LogP contribution in [0.1, 0.15) is 19.3 Å². The topological polar surface area (TPSA) is 55.0 Å². The molecule has 0 aliphatic carbocycles. The van der Waals surface area contributed by atoms with Crippen LogP contribution in [0.3, 0.4) is 0 Å². The summed E-state index contributed by atoms with van der Waals surface area (Å²) < 4.78 is 3.96. The van der Waals surface area contributed by atoms with Gasteiger partial charge in [-0.15, -0.1) is 0 Å². The highest BCUT2D eigenvalue weighted by molar-refractivity contribution is 7.09. The smallest absolute Gasteiger partial charge is 0.204 e. The molecule has 0 atom stereocenters. The summed E-state index contributed by atoms with van der Waals surface area (Å²) in [4.78, 5) is 6.26. The number of hydrogen-bond acceptors (Lipinski definition) is 5. The van der Waals surface area contributed by atoms with Crippen LogP contribution >= 0.6 is 11.5 Å². The zero-order chi connectivity index (χ0) is 9.52. The first-order valence-electron chi connectivity index (χ1n) is 4.52. The largest absolute Gasteiger partial charge is 0.350 e. The Morgan fingerprint density at radius 3 is 2.92 bits per heavy atom. The first-order chi connectivity index (χ1) is 6.34. The van der Waals surface area contributed by atoms with Gasteiger partial charge in [-0.25, -0.2) is 4.98 Å². The molecule has 0 radical (unpaired) electrons. The first-order valence-corrected chi connectivity index (χ1v) is 5.30. The van der Waals surface area contributed by atoms with E-state index in [1.807, 2.05) is 7.05 Å². The molecule has 1 rings (SSSR count). The number of rotatable bonds is 6. The molecule has 4 nitrogen and oxygen atoms in total. The molecule has 0 aromatic carbocycles. The second-order valence-corrected chi connectivity index (χ2v) is 3.75. The van der Waals surface area contributed by atoms with E-state index in [1.165, 1.54) is 24.4 Å². The van der Waals surface area contributed by atoms with Gasteiger partial charge in [-0.3, -0.25) is 0 Å². The molecule has 1 aromatic rings. The monoisotopic (exact) mass is 200 g/mol. The molecule has 2 N–H and O–H groups in total. The molecular weight excluding hydrogens is 184 g/mol. The Morgan fingerprint density at radius 2 is 2.31 bits per heavy atom. The maximum atomic E-state index is 5.41. The van der Waals surface area contributed by atoms with E-state index in [2.05, 4.69) is 14.3 Å². The van der Waals surface area contributed by atoms with Crippen LogP contribution in [0.2, 0.25) is 0 Å². The quantitative estimate of drug-likeness (QED) is 0.699. The predicted octanol–water partition coefficient (Wildman–Crippen LogP) is 1.10. The van der Waals surface area contributed by atoms with Gasteiger partial charge in [-0.2, -0.15) is 4.37 Å². The molecule has 1 heterocycles. The van der Waals surface area contributed by atoms with Crippen LogP contribution in [0.4, 0.5) is 5.13 Å². The third-order valence-electron chi connectivity index (χ3n) is 1.87. The Morgan fingerprint density at radius 1 is 1.46 bits per heavy atom. The Bertz CT molecular complexity index is 212. The predicted molar refractivity (Wildman–Crippen MR) is 56.1 cm³/mol. The van der Waals surface area contributed by atoms with Crippen LogP contribution < -0.4 is 10.6 Å². The molecule has 0 unspecified atom stereocenters. The van der Waals surface area contributed by atoms with Crippen LogP contribution in [0, 0.1) is 0 Å². The zero-order valence-corrected chi connectivity index (χ0v) is 8.76. The summed E-state index contributed by atoms with van der Waals surface area (Å²) in [6.07, 6.45) is 5.08. The minimum absolute atomic E-state index is 0.794. The van der Waals surface area contributed by atoms with Gasteiger partial charge in [0.25, 0.3) is 0 Å². The van der Waals surface area contributed by atoms with Crippen molar-refractivity contribution in [2.24, 2.45) is 5.73 Å². The van der Waals surface area contributed by atoms with Crippen LogP contribution in [-0.2, 0) is 0 Å². The van der Waals surface area contributed by atoms with Gasteiger partial charge < -0.3 is 10.6 Å². The van der Waals surface area contributed by atoms with Crippen molar-refractivity contribution >= 4 is 16.7 Å². The van der Waals surface area contributed by atoms with E-state index in [9.17, 15) is 0 Å². The lowest BCUT2D eigenvalue weighted by molar-refractivity contribution is 0.678. The minimum atomic E-state index is 0.794. The molecule has 0 saturated carbocycles. The molecule has 0 amide bonds. The summed E-state index contributed by atoms with van der Waals surface area (Å²) in [6.45, 7) is 1.83. The van der Waals surface area contributed by atoms with Gasteiger partial charge in [0.1, 0.15) is 6.33 Å². The second kappa shape index (κ2) is 5.88. The lowest BCUT2D eigenvalue weighted by atomic mass is 10.2. The lowest BCUT2D eigenvalue weighted by Crippen LogP contribution is -2.18. The van der Waals surface area contributed by atoms with E-state index in [-0.39, 0.29) is 0 Å². The number of unbranched alkanes of at least 4 members (excludes halogenated alkanes) is 2. The normalized spacial score (nSPS) is 10.3. The van der Waals surface area contributed by atoms with Crippen molar-refractivity contribution < 1.29 is 0 Å². The summed E-state index contributed by atoms with van der Waals surface area (Å²) >= 11 is 1.43. The van der Waals surface area contributed by atoms with Crippen LogP contribution in [0.15, 0.2) is 6.33 Å². The van der Waals surface area contributed by atoms with E-state index >= 15 is 0 Å². The molecule has 5 heteroatoms. The van der Waals surface area contributed by atoms with Crippen molar-refractivity contribution in [1.29, 1.82) is 0 Å². The van der Waals surface area contributed by atoms with Gasteiger partial charge >= 0.3 is 0 Å². The standard InChI is InChI=1S/C8H16N4S/c1-12(6-4-2-3-5-9)8-10-7-11-13-8/h7H,2-6,9H2,1H3. The van der Waals surface area contributed by atoms with Gasteiger partial charge in [0.2, 0.25) is 5.13 Å². The van der Waals surface area contributed by atoms with Crippen molar-refractivity contribution in [2.45, 2.75) is 19.3 Å². The molecule has 0 aliphatic heterocycles. The fourth-order valence-electron chi connectivity index (χ4n) is 1.10. The van der Waals surface area contributed by atoms with E-state index in [4.69, 9.17) is 5.73 Å². The minimum Gasteiger partial charge on any atom is -0.350 e. The highest BCUT2D eigenvalue weighted by Gasteiger charge is 2.02. The zero-order valence-electron chi connectivity index (χ0n) is 7.94. The summed E-state index contributed by atoms with van der Waals surface area (Å²) in [5, 5.41) is 0.993. The van der Waals surface area contributed by atoms with Gasteiger partial charge in [0, 0.05) is 25.1 Å². The maximum absolute atomic E-state index is 5.41. The average Bonchev–Trinajstić information content (AvgIpc) is 2.65. The molecule has 0 bridgehead atoms. The Labute approximate surface area is 82.9 Å². The Kier molecular flexibility index (Phi) is 4.70. The molecule has 0 spiro atoms. The molecule has 13 heavy (non-hydrogen) atoms. The SMILES string of the molecule is CN(CCCCCN)c1ncns1. The number of hydrogen-bond donors (Lipinski definition) is 1. The van der Waals surface area contributed by atoms with Gasteiger partial charge in [0.05, 0.1) is 0 Å². The fraction of sp³-hybridized carbons (Fsp3) is 0.750. The Hall–Kier alpha value is -0.680. The van der Waals surface area contributed by atoms with Crippen LogP contribution in [0.25, 0.3) is 0 Å². The summed E-state index contributed by atoms with van der Waals surface area (Å²) in [5.41, 5.74) is 5.41. The van der Waals surface area contributed by atoms with Crippen molar-refractivity contribution in [3.05, 3.63) is 6.33 Å². The average molecular weight is 200 g/mol. The first kappa shape index (κ1) is 10.4. The molecule has 0 fully saturated rings. The van der Waals surface area contributed by atoms with E-state index in [1.54, 1.807) is 6.33 Å². The summed E-state index contributed by atoms with van der Waals surface area (Å²) in [7, 11) is 2.04. The van der Waals surface area contributed by atoms with E-state index in [0.717, 1.165) is 24.6 Å². The fourth-order valence-corrected chi connectivity index (χ4v) is 1.61. The third-order valence-corrected chi connectivity index (χ3v) is 2.65. The Balaban J connectivity index is 2.15. The van der Waals surface area contributed by atoms with Crippen molar-refractivity contribution in [1.82, 2.24) is 9.36 Å². The number of nitrogens with zero attached hydrogens (tertiary/aromatic N) is 3. The number of anilines is 1. The van der Waals surface area contributed by atoms with Crippen molar-refractivity contribution in [3.63, 3.8) is 0 Å². The van der Waals surface area contributed by atoms with Crippen molar-refractivity contribution in [2.75, 3.05) is 25.0 Å². The molecule has 0 saturated heterocycles. The van der Waals surface area contributed by atoms with Gasteiger partial charge in [-0.05, 0) is 19.4 Å². The van der Waals surface area contributed by atoms with E-state index in [0.29, 0.717) is 0 Å². The highest BCUT2D eigenvalue weighted by atomic mass is 32.1. The van der Waals surface area contributed by atoms with Crippen molar-refractivity contribution in [3.8, 4) is 0 Å². The summed E-state index contributed by atoms with van der Waals surface area (Å²) in [6, 6.07) is 0. The number of aromatic nitrogens is 2. The molecule has 0 aliphatic rings. The third kappa shape index (κ3) is 3.69. The lowest BCUT2D eigenvalue weighted by Gasteiger charge is -2.14. The maximum Gasteiger partial charge on any atom is 0.204 e. The second-order valence-electron chi connectivity index (χ2n) is 2.99. The number of nitrogens with two attached hydrogens (primary N) is 1.